The third kappa shape index (κ3) is 4.61. The van der Waals surface area contributed by atoms with Crippen LogP contribution in [0.5, 0.6) is 5.75 Å². The van der Waals surface area contributed by atoms with Crippen LogP contribution in [-0.4, -0.2) is 34.6 Å². The Morgan fingerprint density at radius 2 is 1.65 bits per heavy atom. The molecule has 202 valence electrons. The van der Waals surface area contributed by atoms with Crippen LogP contribution in [0.4, 0.5) is 11.4 Å². The second-order valence-electron chi connectivity index (χ2n) is 9.34. The molecule has 1 N–H and O–H groups in total. The highest BCUT2D eigenvalue weighted by Gasteiger charge is 2.56. The standard InChI is InChI=1S/C29H22ClN3O5S2/c1-38-20-13-11-19(12-14-20)33-26(35)23-22(16-5-3-2-4-6-16)25-28(39-24(23)27(33)36)32(29(37)40-25)15-21(34)31-18-9-7-17(30)8-10-18/h2-14,22-24H,15H2,1H3,(H,31,34)/t22-,23?,24?/m1/s1. The molecule has 1 saturated heterocycles. The van der Waals surface area contributed by atoms with Gasteiger partial charge in [-0.2, -0.15) is 0 Å². The number of imide groups is 1. The summed E-state index contributed by atoms with van der Waals surface area (Å²) in [5.74, 6) is -1.67. The summed E-state index contributed by atoms with van der Waals surface area (Å²) in [7, 11) is 1.55. The Balaban J connectivity index is 1.38. The highest BCUT2D eigenvalue weighted by molar-refractivity contribution is 8.00. The Labute approximate surface area is 242 Å². The van der Waals surface area contributed by atoms with Gasteiger partial charge in [0.05, 0.1) is 23.7 Å². The summed E-state index contributed by atoms with van der Waals surface area (Å²) in [5.41, 5.74) is 1.84. The van der Waals surface area contributed by atoms with E-state index in [9.17, 15) is 19.2 Å². The van der Waals surface area contributed by atoms with E-state index in [-0.39, 0.29) is 23.2 Å². The lowest BCUT2D eigenvalue weighted by molar-refractivity contribution is -0.122. The normalized spacial score (nSPS) is 19.8. The van der Waals surface area contributed by atoms with Crippen molar-refractivity contribution in [2.75, 3.05) is 17.3 Å². The lowest BCUT2D eigenvalue weighted by Crippen LogP contribution is -2.33. The molecule has 11 heteroatoms. The molecule has 3 atom stereocenters. The summed E-state index contributed by atoms with van der Waals surface area (Å²) >= 11 is 8.13. The summed E-state index contributed by atoms with van der Waals surface area (Å²) in [6, 6.07) is 22.8. The number of nitrogens with zero attached hydrogens (tertiary/aromatic N) is 2. The maximum Gasteiger partial charge on any atom is 0.308 e. The van der Waals surface area contributed by atoms with E-state index in [1.807, 2.05) is 30.3 Å². The fourth-order valence-electron chi connectivity index (χ4n) is 5.14. The smallest absolute Gasteiger partial charge is 0.308 e. The first kappa shape index (κ1) is 26.4. The molecule has 2 aliphatic heterocycles. The summed E-state index contributed by atoms with van der Waals surface area (Å²) in [6.07, 6.45) is 0. The number of carbonyl (C=O) groups excluding carboxylic acids is 3. The fraction of sp³-hybridized carbons (Fsp3) is 0.172. The van der Waals surface area contributed by atoms with Crippen LogP contribution in [0.1, 0.15) is 16.4 Å². The van der Waals surface area contributed by atoms with Crippen LogP contribution in [0.3, 0.4) is 0 Å². The molecular formula is C29H22ClN3O5S2. The van der Waals surface area contributed by atoms with Gasteiger partial charge in [-0.15, -0.1) is 0 Å². The highest BCUT2D eigenvalue weighted by Crippen LogP contribution is 2.53. The third-order valence-corrected chi connectivity index (χ3v) is 9.82. The molecule has 0 aliphatic carbocycles. The lowest BCUT2D eigenvalue weighted by Gasteiger charge is -2.30. The van der Waals surface area contributed by atoms with Crippen LogP contribution in [0.25, 0.3) is 0 Å². The van der Waals surface area contributed by atoms with Gasteiger partial charge >= 0.3 is 4.87 Å². The van der Waals surface area contributed by atoms with Crippen LogP contribution in [0.2, 0.25) is 5.02 Å². The van der Waals surface area contributed by atoms with E-state index in [2.05, 4.69) is 5.32 Å². The van der Waals surface area contributed by atoms with Crippen molar-refractivity contribution in [3.63, 3.8) is 0 Å². The fourth-order valence-corrected chi connectivity index (χ4v) is 8.04. The van der Waals surface area contributed by atoms with Gasteiger partial charge in [0.2, 0.25) is 17.7 Å². The van der Waals surface area contributed by atoms with Crippen molar-refractivity contribution in [3.8, 4) is 5.75 Å². The van der Waals surface area contributed by atoms with E-state index in [0.29, 0.717) is 32.1 Å². The summed E-state index contributed by atoms with van der Waals surface area (Å²) in [5, 5.41) is 3.10. The number of ether oxygens (including phenoxy) is 1. The molecule has 0 saturated carbocycles. The maximum absolute atomic E-state index is 13.9. The highest BCUT2D eigenvalue weighted by atomic mass is 35.5. The second kappa shape index (κ2) is 10.6. The first-order valence-corrected chi connectivity index (χ1v) is 14.5. The summed E-state index contributed by atoms with van der Waals surface area (Å²) in [4.78, 5) is 55.4. The average molecular weight is 592 g/mol. The minimum Gasteiger partial charge on any atom is -0.497 e. The van der Waals surface area contributed by atoms with E-state index < -0.39 is 23.0 Å². The predicted octanol–water partition coefficient (Wildman–Crippen LogP) is 5.01. The number of halogens is 1. The molecule has 6 rings (SSSR count). The van der Waals surface area contributed by atoms with E-state index in [1.165, 1.54) is 21.2 Å². The number of amides is 3. The Bertz CT molecular complexity index is 1670. The van der Waals surface area contributed by atoms with Crippen molar-refractivity contribution in [1.29, 1.82) is 0 Å². The number of thioether (sulfide) groups is 1. The molecule has 40 heavy (non-hydrogen) atoms. The molecule has 3 aromatic carbocycles. The first-order chi connectivity index (χ1) is 19.4. The molecule has 0 bridgehead atoms. The van der Waals surface area contributed by atoms with Crippen LogP contribution >= 0.6 is 34.7 Å². The van der Waals surface area contributed by atoms with Gasteiger partial charge in [-0.05, 0) is 54.1 Å². The Morgan fingerprint density at radius 3 is 2.33 bits per heavy atom. The SMILES string of the molecule is COc1ccc(N2C(=O)C3Sc4c(sc(=O)n4CC(=O)Nc4ccc(Cl)cc4)[C@H](c4ccccc4)C3C2=O)cc1. The molecule has 0 spiro atoms. The lowest BCUT2D eigenvalue weighted by atomic mass is 9.83. The van der Waals surface area contributed by atoms with Gasteiger partial charge in [0.25, 0.3) is 0 Å². The quantitative estimate of drug-likeness (QED) is 0.317. The van der Waals surface area contributed by atoms with Gasteiger partial charge in [-0.25, -0.2) is 4.90 Å². The molecule has 3 amide bonds. The Morgan fingerprint density at radius 1 is 0.950 bits per heavy atom. The van der Waals surface area contributed by atoms with E-state index in [0.717, 1.165) is 16.9 Å². The van der Waals surface area contributed by atoms with Crippen molar-refractivity contribution in [3.05, 3.63) is 104 Å². The monoisotopic (exact) mass is 591 g/mol. The molecule has 1 fully saturated rings. The van der Waals surface area contributed by atoms with Crippen molar-refractivity contribution in [2.24, 2.45) is 5.92 Å². The predicted molar refractivity (Wildman–Crippen MR) is 156 cm³/mol. The number of thiazole rings is 1. The Kier molecular flexibility index (Phi) is 6.99. The van der Waals surface area contributed by atoms with Crippen LogP contribution in [0.15, 0.2) is 88.7 Å². The number of rotatable bonds is 6. The van der Waals surface area contributed by atoms with Crippen molar-refractivity contribution in [2.45, 2.75) is 22.7 Å². The Hall–Kier alpha value is -3.86. The minimum absolute atomic E-state index is 0.233. The number of hydrogen-bond acceptors (Lipinski definition) is 7. The maximum atomic E-state index is 13.9. The number of hydrogen-bond donors (Lipinski definition) is 1. The van der Waals surface area contributed by atoms with Crippen LogP contribution < -0.4 is 19.8 Å². The van der Waals surface area contributed by atoms with E-state index >= 15 is 0 Å². The van der Waals surface area contributed by atoms with E-state index in [1.54, 1.807) is 55.6 Å². The summed E-state index contributed by atoms with van der Waals surface area (Å²) in [6.45, 7) is -0.233. The zero-order valence-corrected chi connectivity index (χ0v) is 23.5. The number of benzene rings is 3. The van der Waals surface area contributed by atoms with Crippen LogP contribution in [-0.2, 0) is 20.9 Å². The third-order valence-electron chi connectivity index (χ3n) is 6.97. The van der Waals surface area contributed by atoms with Gasteiger partial charge in [0, 0.05) is 21.5 Å². The number of anilines is 2. The van der Waals surface area contributed by atoms with Gasteiger partial charge < -0.3 is 10.1 Å². The molecule has 0 radical (unpaired) electrons. The summed E-state index contributed by atoms with van der Waals surface area (Å²) < 4.78 is 6.62. The molecule has 3 heterocycles. The average Bonchev–Trinajstić information content (AvgIpc) is 3.41. The number of nitrogens with one attached hydrogen (secondary N) is 1. The minimum atomic E-state index is -0.758. The van der Waals surface area contributed by atoms with Gasteiger partial charge in [-0.1, -0.05) is 65.0 Å². The van der Waals surface area contributed by atoms with Crippen molar-refractivity contribution < 1.29 is 19.1 Å². The van der Waals surface area contributed by atoms with Gasteiger partial charge in [-0.3, -0.25) is 23.7 Å². The number of fused-ring (bicyclic) bond motifs is 2. The van der Waals surface area contributed by atoms with E-state index in [4.69, 9.17) is 16.3 Å². The molecule has 2 aliphatic rings. The van der Waals surface area contributed by atoms with Gasteiger partial charge in [0.15, 0.2) is 0 Å². The van der Waals surface area contributed by atoms with Crippen LogP contribution in [0, 0.1) is 5.92 Å². The molecule has 4 aromatic rings. The van der Waals surface area contributed by atoms with Crippen molar-refractivity contribution >= 4 is 63.8 Å². The molecule has 2 unspecified atom stereocenters. The molecule has 1 aromatic heterocycles. The number of carbonyl (C=O) groups is 3. The molecule has 8 nitrogen and oxygen atoms in total. The largest absolute Gasteiger partial charge is 0.497 e. The zero-order valence-electron chi connectivity index (χ0n) is 21.1. The number of methoxy groups -OCH3 is 1. The number of aromatic nitrogens is 1. The first-order valence-electron chi connectivity index (χ1n) is 12.4. The zero-order chi connectivity index (χ0) is 28.0. The second-order valence-corrected chi connectivity index (χ2v) is 11.9. The molecular weight excluding hydrogens is 570 g/mol. The van der Waals surface area contributed by atoms with Gasteiger partial charge in [0.1, 0.15) is 17.5 Å². The topological polar surface area (TPSA) is 97.7 Å². The van der Waals surface area contributed by atoms with Crippen molar-refractivity contribution in [1.82, 2.24) is 4.57 Å².